The van der Waals surface area contributed by atoms with Crippen LogP contribution in [0.1, 0.15) is 17.5 Å². The van der Waals surface area contributed by atoms with E-state index in [2.05, 4.69) is 0 Å². The van der Waals surface area contributed by atoms with Crippen molar-refractivity contribution in [3.05, 3.63) is 59.7 Å². The Hall–Kier alpha value is -2.62. The Morgan fingerprint density at radius 1 is 0.864 bits per heavy atom. The zero-order valence-electron chi connectivity index (χ0n) is 12.5. The first-order chi connectivity index (χ1) is 10.6. The van der Waals surface area contributed by atoms with Gasteiger partial charge in [0.05, 0.1) is 20.6 Å². The van der Waals surface area contributed by atoms with Gasteiger partial charge in [0.15, 0.2) is 0 Å². The minimum absolute atomic E-state index is 0.0792. The number of carbonyl (C=O) groups excluding carboxylic acids is 2. The van der Waals surface area contributed by atoms with Crippen molar-refractivity contribution in [2.75, 3.05) is 14.2 Å². The first kappa shape index (κ1) is 14.3. The van der Waals surface area contributed by atoms with Gasteiger partial charge in [-0.15, -0.1) is 0 Å². The molecule has 3 rings (SSSR count). The summed E-state index contributed by atoms with van der Waals surface area (Å²) in [5, 5.41) is 0. The van der Waals surface area contributed by atoms with Crippen LogP contribution < -0.4 is 0 Å². The summed E-state index contributed by atoms with van der Waals surface area (Å²) in [6.45, 7) is 0. The molecule has 2 aromatic carbocycles. The molecule has 0 amide bonds. The number of rotatable bonds is 3. The molecule has 0 heterocycles. The Kier molecular flexibility index (Phi) is 3.45. The number of fused-ring (bicyclic) bond motifs is 3. The second-order valence-electron chi connectivity index (χ2n) is 5.24. The Morgan fingerprint density at radius 3 is 1.82 bits per heavy atom. The average molecular weight is 296 g/mol. The highest BCUT2D eigenvalue weighted by Crippen LogP contribution is 2.51. The average Bonchev–Trinajstić information content (AvgIpc) is 2.86. The third kappa shape index (κ3) is 1.84. The molecule has 0 N–H and O–H groups in total. The van der Waals surface area contributed by atoms with Crippen molar-refractivity contribution in [1.82, 2.24) is 0 Å². The minimum Gasteiger partial charge on any atom is -0.469 e. The number of carbonyl (C=O) groups is 2. The standard InChI is InChI=1S/C18H16O4/c1-21-16(19)11-18(17(20)22-2)14-9-5-3-7-12(14)13-8-4-6-10-15(13)18/h3-10H,11H2,1-2H3. The fraction of sp³-hybridized carbons (Fsp3) is 0.222. The fourth-order valence-electron chi connectivity index (χ4n) is 3.27. The zero-order chi connectivity index (χ0) is 15.7. The number of benzene rings is 2. The van der Waals surface area contributed by atoms with Crippen LogP contribution in [0.5, 0.6) is 0 Å². The molecule has 0 unspecified atom stereocenters. The minimum atomic E-state index is -1.14. The number of ether oxygens (including phenoxy) is 2. The molecule has 0 aromatic heterocycles. The molecular formula is C18H16O4. The van der Waals surface area contributed by atoms with Crippen LogP contribution >= 0.6 is 0 Å². The van der Waals surface area contributed by atoms with Gasteiger partial charge >= 0.3 is 11.9 Å². The van der Waals surface area contributed by atoms with Crippen molar-refractivity contribution < 1.29 is 19.1 Å². The van der Waals surface area contributed by atoms with E-state index in [1.807, 2.05) is 48.5 Å². The molecule has 0 saturated heterocycles. The van der Waals surface area contributed by atoms with Gasteiger partial charge < -0.3 is 9.47 Å². The van der Waals surface area contributed by atoms with Crippen LogP contribution in [-0.4, -0.2) is 26.2 Å². The molecule has 0 aliphatic heterocycles. The first-order valence-electron chi connectivity index (χ1n) is 6.99. The highest BCUT2D eigenvalue weighted by molar-refractivity contribution is 6.00. The topological polar surface area (TPSA) is 52.6 Å². The van der Waals surface area contributed by atoms with Gasteiger partial charge in [0.25, 0.3) is 0 Å². The largest absolute Gasteiger partial charge is 0.469 e. The van der Waals surface area contributed by atoms with Crippen LogP contribution in [0, 0.1) is 0 Å². The van der Waals surface area contributed by atoms with E-state index in [9.17, 15) is 9.59 Å². The number of hydrogen-bond acceptors (Lipinski definition) is 4. The predicted octanol–water partition coefficient (Wildman–Crippen LogP) is 2.69. The van der Waals surface area contributed by atoms with Gasteiger partial charge in [0.1, 0.15) is 5.41 Å². The van der Waals surface area contributed by atoms with Gasteiger partial charge in [-0.1, -0.05) is 48.5 Å². The summed E-state index contributed by atoms with van der Waals surface area (Å²) in [6.07, 6.45) is -0.0792. The van der Waals surface area contributed by atoms with E-state index >= 15 is 0 Å². The second-order valence-corrected chi connectivity index (χ2v) is 5.24. The molecule has 4 nitrogen and oxygen atoms in total. The summed E-state index contributed by atoms with van der Waals surface area (Å²) in [5.41, 5.74) is 2.33. The highest BCUT2D eigenvalue weighted by Gasteiger charge is 2.51. The molecule has 0 radical (unpaired) electrons. The zero-order valence-corrected chi connectivity index (χ0v) is 12.5. The fourth-order valence-corrected chi connectivity index (χ4v) is 3.27. The van der Waals surface area contributed by atoms with Crippen LogP contribution in [0.25, 0.3) is 11.1 Å². The first-order valence-corrected chi connectivity index (χ1v) is 6.99. The Bertz CT molecular complexity index is 703. The van der Waals surface area contributed by atoms with Gasteiger partial charge in [-0.25, -0.2) is 0 Å². The summed E-state index contributed by atoms with van der Waals surface area (Å²) in [6, 6.07) is 15.2. The normalized spacial score (nSPS) is 13.9. The molecule has 4 heteroatoms. The van der Waals surface area contributed by atoms with E-state index in [4.69, 9.17) is 9.47 Å². The Labute approximate surface area is 128 Å². The highest BCUT2D eigenvalue weighted by atomic mass is 16.5. The molecule has 0 atom stereocenters. The second kappa shape index (κ2) is 5.30. The van der Waals surface area contributed by atoms with Crippen molar-refractivity contribution in [1.29, 1.82) is 0 Å². The molecule has 0 bridgehead atoms. The van der Waals surface area contributed by atoms with E-state index in [0.717, 1.165) is 22.3 Å². The van der Waals surface area contributed by atoms with Crippen LogP contribution in [0.2, 0.25) is 0 Å². The number of hydrogen-bond donors (Lipinski definition) is 0. The maximum absolute atomic E-state index is 12.7. The lowest BCUT2D eigenvalue weighted by Gasteiger charge is -2.27. The quantitative estimate of drug-likeness (QED) is 0.817. The van der Waals surface area contributed by atoms with Gasteiger partial charge in [0, 0.05) is 0 Å². The van der Waals surface area contributed by atoms with Crippen LogP contribution in [-0.2, 0) is 24.5 Å². The summed E-state index contributed by atoms with van der Waals surface area (Å²) in [7, 11) is 2.66. The third-order valence-corrected chi connectivity index (χ3v) is 4.23. The van der Waals surface area contributed by atoms with Gasteiger partial charge in [-0.3, -0.25) is 9.59 Å². The lowest BCUT2D eigenvalue weighted by atomic mass is 9.75. The van der Waals surface area contributed by atoms with Crippen LogP contribution in [0.4, 0.5) is 0 Å². The van der Waals surface area contributed by atoms with Gasteiger partial charge in [0.2, 0.25) is 0 Å². The van der Waals surface area contributed by atoms with Gasteiger partial charge in [-0.05, 0) is 22.3 Å². The molecule has 1 aliphatic carbocycles. The Morgan fingerprint density at radius 2 is 1.36 bits per heavy atom. The molecule has 112 valence electrons. The summed E-state index contributed by atoms with van der Waals surface area (Å²) in [5.74, 6) is -0.896. The van der Waals surface area contributed by atoms with Crippen molar-refractivity contribution in [3.63, 3.8) is 0 Å². The van der Waals surface area contributed by atoms with Crippen molar-refractivity contribution in [2.24, 2.45) is 0 Å². The smallest absolute Gasteiger partial charge is 0.321 e. The van der Waals surface area contributed by atoms with E-state index in [1.54, 1.807) is 0 Å². The van der Waals surface area contributed by atoms with E-state index < -0.39 is 17.4 Å². The summed E-state index contributed by atoms with van der Waals surface area (Å²) in [4.78, 5) is 24.7. The van der Waals surface area contributed by atoms with Crippen molar-refractivity contribution in [3.8, 4) is 11.1 Å². The SMILES string of the molecule is COC(=O)CC1(C(=O)OC)c2ccccc2-c2ccccc21. The molecule has 0 fully saturated rings. The summed E-state index contributed by atoms with van der Waals surface area (Å²) >= 11 is 0. The lowest BCUT2D eigenvalue weighted by molar-refractivity contribution is -0.152. The third-order valence-electron chi connectivity index (χ3n) is 4.23. The van der Waals surface area contributed by atoms with E-state index in [1.165, 1.54) is 14.2 Å². The van der Waals surface area contributed by atoms with Crippen molar-refractivity contribution in [2.45, 2.75) is 11.8 Å². The maximum Gasteiger partial charge on any atom is 0.321 e. The van der Waals surface area contributed by atoms with Crippen LogP contribution in [0.15, 0.2) is 48.5 Å². The molecule has 0 spiro atoms. The molecule has 1 aliphatic rings. The Balaban J connectivity index is 2.33. The maximum atomic E-state index is 12.7. The van der Waals surface area contributed by atoms with Crippen molar-refractivity contribution >= 4 is 11.9 Å². The summed E-state index contributed by atoms with van der Waals surface area (Å²) < 4.78 is 9.87. The molecule has 0 saturated carbocycles. The number of methoxy groups -OCH3 is 2. The van der Waals surface area contributed by atoms with E-state index in [0.29, 0.717) is 0 Å². The van der Waals surface area contributed by atoms with Crippen LogP contribution in [0.3, 0.4) is 0 Å². The van der Waals surface area contributed by atoms with Gasteiger partial charge in [-0.2, -0.15) is 0 Å². The van der Waals surface area contributed by atoms with E-state index in [-0.39, 0.29) is 6.42 Å². The number of esters is 2. The predicted molar refractivity (Wildman–Crippen MR) is 81.3 cm³/mol. The molecule has 22 heavy (non-hydrogen) atoms. The molecular weight excluding hydrogens is 280 g/mol. The lowest BCUT2D eigenvalue weighted by Crippen LogP contribution is -2.39. The molecule has 2 aromatic rings. The monoisotopic (exact) mass is 296 g/mol.